The summed E-state index contributed by atoms with van der Waals surface area (Å²) in [6.45, 7) is 7.27. The molecule has 10 nitrogen and oxygen atoms in total. The molecule has 0 saturated carbocycles. The molecule has 10 heteroatoms. The van der Waals surface area contributed by atoms with Crippen molar-refractivity contribution in [1.29, 1.82) is 0 Å². The monoisotopic (exact) mass is 808 g/mol. The van der Waals surface area contributed by atoms with Gasteiger partial charge < -0.3 is 28.4 Å². The summed E-state index contributed by atoms with van der Waals surface area (Å²) >= 11 is 0. The van der Waals surface area contributed by atoms with E-state index in [-0.39, 0.29) is 29.4 Å². The van der Waals surface area contributed by atoms with E-state index in [4.69, 9.17) is 28.4 Å². The molecule has 0 aliphatic carbocycles. The lowest BCUT2D eigenvalue weighted by Crippen LogP contribution is -2.23. The molecule has 1 atom stereocenters. The molecule has 4 aromatic rings. The lowest BCUT2D eigenvalue weighted by atomic mass is 10.1. The summed E-state index contributed by atoms with van der Waals surface area (Å²) in [5.41, 5.74) is 0.751. The third-order valence-electron chi connectivity index (χ3n) is 9.61. The van der Waals surface area contributed by atoms with Crippen LogP contribution in [0.3, 0.4) is 0 Å². The Kier molecular flexibility index (Phi) is 20.6. The average Bonchev–Trinajstić information content (AvgIpc) is 3.24. The molecular weight excluding hydrogens is 749 g/mol. The second-order valence-corrected chi connectivity index (χ2v) is 14.7. The Morgan fingerprint density at radius 1 is 0.407 bits per heavy atom. The maximum absolute atomic E-state index is 12.7. The van der Waals surface area contributed by atoms with Crippen molar-refractivity contribution in [2.24, 2.45) is 5.92 Å². The van der Waals surface area contributed by atoms with Gasteiger partial charge in [0.25, 0.3) is 0 Å². The molecule has 0 fully saturated rings. The van der Waals surface area contributed by atoms with Gasteiger partial charge in [-0.2, -0.15) is 0 Å². The summed E-state index contributed by atoms with van der Waals surface area (Å²) in [7, 11) is 0. The van der Waals surface area contributed by atoms with Crippen LogP contribution in [0, 0.1) is 5.92 Å². The topological polar surface area (TPSA) is 124 Å². The van der Waals surface area contributed by atoms with Crippen LogP contribution in [0.1, 0.15) is 138 Å². The molecule has 0 aromatic heterocycles. The Labute approximate surface area is 349 Å². The first-order chi connectivity index (χ1) is 28.7. The van der Waals surface area contributed by atoms with Gasteiger partial charge in [0, 0.05) is 0 Å². The van der Waals surface area contributed by atoms with Crippen molar-refractivity contribution in [3.8, 4) is 34.5 Å². The molecule has 1 unspecified atom stereocenters. The predicted molar refractivity (Wildman–Crippen MR) is 228 cm³/mol. The van der Waals surface area contributed by atoms with Crippen molar-refractivity contribution in [3.63, 3.8) is 0 Å². The minimum Gasteiger partial charge on any atom is -0.494 e. The Bertz CT molecular complexity index is 1830. The zero-order chi connectivity index (χ0) is 42.1. The lowest BCUT2D eigenvalue weighted by Gasteiger charge is -2.12. The van der Waals surface area contributed by atoms with E-state index >= 15 is 0 Å². The number of rotatable bonds is 27. The highest BCUT2D eigenvalue weighted by Crippen LogP contribution is 2.24. The van der Waals surface area contributed by atoms with Gasteiger partial charge in [0.15, 0.2) is 0 Å². The van der Waals surface area contributed by atoms with Crippen LogP contribution in [0.4, 0.5) is 0 Å². The third kappa shape index (κ3) is 17.8. The fourth-order valence-electron chi connectivity index (χ4n) is 6.08. The molecule has 0 radical (unpaired) electrons. The van der Waals surface area contributed by atoms with E-state index < -0.39 is 29.8 Å². The summed E-state index contributed by atoms with van der Waals surface area (Å²) in [4.78, 5) is 50.7. The van der Waals surface area contributed by atoms with Crippen molar-refractivity contribution < 1.29 is 47.6 Å². The number of hydrogen-bond donors (Lipinski definition) is 0. The molecular formula is C49H60O10. The minimum absolute atomic E-state index is 0.227. The van der Waals surface area contributed by atoms with Crippen LogP contribution in [0.5, 0.6) is 34.5 Å². The number of benzene rings is 4. The van der Waals surface area contributed by atoms with Crippen LogP contribution in [0.25, 0.3) is 0 Å². The molecule has 59 heavy (non-hydrogen) atoms. The fourth-order valence-corrected chi connectivity index (χ4v) is 6.08. The van der Waals surface area contributed by atoms with E-state index in [0.717, 1.165) is 25.7 Å². The SMILES string of the molecule is CCCCCCCCCOc1ccc(C(=O)Oc2ccc(OC(=O)CC(C)C(=O)Oc3ccc(OC(=O)c4ccc(OCCCCCCCCC)cc4)cc3)cc2)cc1. The molecule has 0 heterocycles. The Balaban J connectivity index is 1.11. The first-order valence-electron chi connectivity index (χ1n) is 21.3. The molecule has 0 N–H and O–H groups in total. The van der Waals surface area contributed by atoms with E-state index in [1.165, 1.54) is 113 Å². The van der Waals surface area contributed by atoms with Gasteiger partial charge in [-0.05, 0) is 110 Å². The standard InChI is InChI=1S/C49H60O10/c1-4-6-8-10-12-14-16-34-54-40-22-18-38(19-23-40)48(52)58-44-28-26-42(27-29-44)56-46(50)36-37(3)47(51)57-43-30-32-45(33-31-43)59-49(53)39-20-24-41(25-21-39)55-35-17-15-13-11-9-7-5-2/h18-33,37H,4-17,34-36H2,1-3H3. The molecule has 316 valence electrons. The third-order valence-corrected chi connectivity index (χ3v) is 9.61. The van der Waals surface area contributed by atoms with E-state index in [9.17, 15) is 19.2 Å². The zero-order valence-electron chi connectivity index (χ0n) is 34.9. The van der Waals surface area contributed by atoms with Gasteiger partial charge >= 0.3 is 23.9 Å². The van der Waals surface area contributed by atoms with Gasteiger partial charge in [-0.25, -0.2) is 9.59 Å². The summed E-state index contributed by atoms with van der Waals surface area (Å²) in [6, 6.07) is 25.7. The highest BCUT2D eigenvalue weighted by Gasteiger charge is 2.21. The molecule has 4 aromatic carbocycles. The zero-order valence-corrected chi connectivity index (χ0v) is 34.9. The van der Waals surface area contributed by atoms with E-state index in [2.05, 4.69) is 13.8 Å². The van der Waals surface area contributed by atoms with Crippen LogP contribution in [-0.2, 0) is 9.59 Å². The van der Waals surface area contributed by atoms with Crippen LogP contribution in [0.2, 0.25) is 0 Å². The molecule has 0 amide bonds. The van der Waals surface area contributed by atoms with Crippen LogP contribution >= 0.6 is 0 Å². The highest BCUT2D eigenvalue weighted by atomic mass is 16.6. The van der Waals surface area contributed by atoms with Crippen LogP contribution < -0.4 is 28.4 Å². The van der Waals surface area contributed by atoms with Crippen molar-refractivity contribution >= 4 is 23.9 Å². The van der Waals surface area contributed by atoms with Crippen molar-refractivity contribution in [1.82, 2.24) is 0 Å². The quantitative estimate of drug-likeness (QED) is 0.0327. The maximum Gasteiger partial charge on any atom is 0.343 e. The van der Waals surface area contributed by atoms with Gasteiger partial charge in [0.05, 0.1) is 36.7 Å². The van der Waals surface area contributed by atoms with Crippen LogP contribution in [-0.4, -0.2) is 37.1 Å². The molecule has 0 aliphatic heterocycles. The Hall–Kier alpha value is -5.64. The van der Waals surface area contributed by atoms with E-state index in [1.54, 1.807) is 55.5 Å². The second kappa shape index (κ2) is 26.4. The van der Waals surface area contributed by atoms with Gasteiger partial charge in [0.1, 0.15) is 34.5 Å². The predicted octanol–water partition coefficient (Wildman–Crippen LogP) is 11.9. The lowest BCUT2D eigenvalue weighted by molar-refractivity contribution is -0.144. The van der Waals surface area contributed by atoms with Gasteiger partial charge in [-0.1, -0.05) is 97.8 Å². The van der Waals surface area contributed by atoms with Crippen molar-refractivity contribution in [3.05, 3.63) is 108 Å². The minimum atomic E-state index is -0.806. The largest absolute Gasteiger partial charge is 0.494 e. The van der Waals surface area contributed by atoms with E-state index in [0.29, 0.717) is 35.8 Å². The summed E-state index contributed by atoms with van der Waals surface area (Å²) in [5.74, 6) is -0.717. The van der Waals surface area contributed by atoms with Gasteiger partial charge in [0.2, 0.25) is 0 Å². The first-order valence-corrected chi connectivity index (χ1v) is 21.3. The van der Waals surface area contributed by atoms with Crippen molar-refractivity contribution in [2.45, 2.75) is 117 Å². The molecule has 0 saturated heterocycles. The Morgan fingerprint density at radius 2 is 0.729 bits per heavy atom. The molecule has 0 aliphatic rings. The molecule has 0 bridgehead atoms. The normalized spacial score (nSPS) is 11.3. The molecule has 0 spiro atoms. The van der Waals surface area contributed by atoms with Gasteiger partial charge in [-0.15, -0.1) is 0 Å². The first kappa shape index (κ1) is 46.1. The smallest absolute Gasteiger partial charge is 0.343 e. The number of ether oxygens (including phenoxy) is 6. The number of unbranched alkanes of at least 4 members (excludes halogenated alkanes) is 12. The van der Waals surface area contributed by atoms with Gasteiger partial charge in [-0.3, -0.25) is 9.59 Å². The Morgan fingerprint density at radius 3 is 1.12 bits per heavy atom. The average molecular weight is 809 g/mol. The van der Waals surface area contributed by atoms with Crippen LogP contribution in [0.15, 0.2) is 97.1 Å². The maximum atomic E-state index is 12.7. The summed E-state index contributed by atoms with van der Waals surface area (Å²) < 4.78 is 33.4. The highest BCUT2D eigenvalue weighted by molar-refractivity contribution is 5.92. The summed E-state index contributed by atoms with van der Waals surface area (Å²) in [5, 5.41) is 0. The molecule has 4 rings (SSSR count). The number of esters is 4. The van der Waals surface area contributed by atoms with E-state index in [1.807, 2.05) is 0 Å². The fraction of sp³-hybridized carbons (Fsp3) is 0.429. The number of hydrogen-bond acceptors (Lipinski definition) is 10. The summed E-state index contributed by atoms with van der Waals surface area (Å²) in [6.07, 6.45) is 16.7. The number of carbonyl (C=O) groups is 4. The second-order valence-electron chi connectivity index (χ2n) is 14.7. The number of carbonyl (C=O) groups excluding carboxylic acids is 4. The van der Waals surface area contributed by atoms with Crippen molar-refractivity contribution in [2.75, 3.05) is 13.2 Å².